The number of halogens is 4. The second-order valence-electron chi connectivity index (χ2n) is 5.35. The lowest BCUT2D eigenvalue weighted by Gasteiger charge is -2.13. The van der Waals surface area contributed by atoms with Crippen molar-refractivity contribution in [2.75, 3.05) is 20.1 Å². The smallest absolute Gasteiger partial charge is 0.390 e. The van der Waals surface area contributed by atoms with Crippen LogP contribution in [-0.4, -0.2) is 38.4 Å². The molecule has 8 heteroatoms. The lowest BCUT2D eigenvalue weighted by molar-refractivity contribution is -0.132. The zero-order valence-electron chi connectivity index (χ0n) is 14.1. The first-order valence-electron chi connectivity index (χ1n) is 7.57. The van der Waals surface area contributed by atoms with Crippen molar-refractivity contribution in [3.05, 3.63) is 29.8 Å². The van der Waals surface area contributed by atoms with Gasteiger partial charge in [-0.2, -0.15) is 13.2 Å². The van der Waals surface area contributed by atoms with E-state index < -0.39 is 12.6 Å². The zero-order chi connectivity index (χ0) is 17.3. The van der Waals surface area contributed by atoms with Gasteiger partial charge in [-0.1, -0.05) is 12.1 Å². The number of aliphatic imine (C=N–C) groups is 1. The summed E-state index contributed by atoms with van der Waals surface area (Å²) in [6.45, 7) is 4.32. The van der Waals surface area contributed by atoms with E-state index in [0.29, 0.717) is 12.5 Å². The zero-order valence-corrected chi connectivity index (χ0v) is 16.4. The maximum Gasteiger partial charge on any atom is 0.390 e. The van der Waals surface area contributed by atoms with Gasteiger partial charge in [-0.05, 0) is 38.0 Å². The van der Waals surface area contributed by atoms with Crippen molar-refractivity contribution in [1.82, 2.24) is 10.6 Å². The number of rotatable bonds is 7. The lowest BCUT2D eigenvalue weighted by atomic mass is 10.1. The average Bonchev–Trinajstić information content (AvgIpc) is 2.45. The van der Waals surface area contributed by atoms with Gasteiger partial charge in [0.1, 0.15) is 5.75 Å². The van der Waals surface area contributed by atoms with Gasteiger partial charge in [0.2, 0.25) is 0 Å². The number of alkyl halides is 3. The molecule has 4 nitrogen and oxygen atoms in total. The van der Waals surface area contributed by atoms with Crippen molar-refractivity contribution in [3.63, 3.8) is 0 Å². The van der Waals surface area contributed by atoms with Crippen LogP contribution in [0, 0.1) is 0 Å². The summed E-state index contributed by atoms with van der Waals surface area (Å²) in [6.07, 6.45) is -4.17. The van der Waals surface area contributed by atoms with E-state index in [0.717, 1.165) is 17.7 Å². The number of ether oxygens (including phenoxy) is 1. The number of guanidine groups is 1. The third kappa shape index (κ3) is 10.6. The number of benzene rings is 1. The molecule has 24 heavy (non-hydrogen) atoms. The minimum absolute atomic E-state index is 0. The molecule has 1 rings (SSSR count). The Bertz CT molecular complexity index is 490. The predicted octanol–water partition coefficient (Wildman–Crippen LogP) is 3.75. The molecule has 0 heterocycles. The molecule has 2 N–H and O–H groups in total. The van der Waals surface area contributed by atoms with Gasteiger partial charge in [-0.25, -0.2) is 0 Å². The van der Waals surface area contributed by atoms with Crippen molar-refractivity contribution >= 4 is 29.9 Å². The highest BCUT2D eigenvalue weighted by molar-refractivity contribution is 14.0. The fourth-order valence-electron chi connectivity index (χ4n) is 1.88. The Balaban J connectivity index is 0.00000529. The fraction of sp³-hybridized carbons (Fsp3) is 0.562. The highest BCUT2D eigenvalue weighted by Gasteiger charge is 2.26. The molecule has 0 bridgehead atoms. The summed E-state index contributed by atoms with van der Waals surface area (Å²) in [7, 11) is 1.53. The first-order valence-corrected chi connectivity index (χ1v) is 7.57. The van der Waals surface area contributed by atoms with E-state index in [9.17, 15) is 13.2 Å². The minimum Gasteiger partial charge on any atom is -0.491 e. The molecule has 0 amide bonds. The maximum absolute atomic E-state index is 12.1. The van der Waals surface area contributed by atoms with Gasteiger partial charge in [0, 0.05) is 20.1 Å². The molecule has 0 saturated carbocycles. The molecule has 0 fully saturated rings. The van der Waals surface area contributed by atoms with Crippen molar-refractivity contribution in [3.8, 4) is 5.75 Å². The maximum atomic E-state index is 12.1. The third-order valence-corrected chi connectivity index (χ3v) is 2.93. The number of hydrogen-bond donors (Lipinski definition) is 2. The van der Waals surface area contributed by atoms with Gasteiger partial charge in [-0.15, -0.1) is 24.0 Å². The second kappa shape index (κ2) is 11.4. The van der Waals surface area contributed by atoms with Crippen LogP contribution in [0.3, 0.4) is 0 Å². The quantitative estimate of drug-likeness (QED) is 0.371. The highest BCUT2D eigenvalue weighted by atomic mass is 127. The Labute approximate surface area is 158 Å². The molecule has 138 valence electrons. The molecule has 0 radical (unpaired) electrons. The van der Waals surface area contributed by atoms with E-state index in [1.54, 1.807) is 0 Å². The topological polar surface area (TPSA) is 45.7 Å². The Hall–Kier alpha value is -1.19. The fourth-order valence-corrected chi connectivity index (χ4v) is 1.88. The lowest BCUT2D eigenvalue weighted by Crippen LogP contribution is -2.39. The Morgan fingerprint density at radius 3 is 2.21 bits per heavy atom. The van der Waals surface area contributed by atoms with Crippen molar-refractivity contribution in [2.24, 2.45) is 4.99 Å². The van der Waals surface area contributed by atoms with Crippen LogP contribution in [0.5, 0.6) is 5.75 Å². The van der Waals surface area contributed by atoms with Crippen LogP contribution in [0.2, 0.25) is 0 Å². The molecule has 0 saturated heterocycles. The van der Waals surface area contributed by atoms with Gasteiger partial charge >= 0.3 is 6.18 Å². The molecule has 0 aliphatic rings. The molecular formula is C16H25F3IN3O. The second-order valence-corrected chi connectivity index (χ2v) is 5.35. The summed E-state index contributed by atoms with van der Waals surface area (Å²) in [4.78, 5) is 3.89. The van der Waals surface area contributed by atoms with Crippen LogP contribution >= 0.6 is 24.0 Å². The summed E-state index contributed by atoms with van der Waals surface area (Å²) in [6, 6.07) is 7.76. The standard InChI is InChI=1S/C16H24F3N3O.HI/c1-12(2)23-14-6-4-13(5-7-14)8-10-21-15(20-3)22-11-9-16(17,18)19;/h4-7,12H,8-11H2,1-3H3,(H2,20,21,22);1H. The summed E-state index contributed by atoms with van der Waals surface area (Å²) in [5.74, 6) is 1.19. The first-order chi connectivity index (χ1) is 10.8. The van der Waals surface area contributed by atoms with Crippen molar-refractivity contribution < 1.29 is 17.9 Å². The molecular weight excluding hydrogens is 434 g/mol. The third-order valence-electron chi connectivity index (χ3n) is 2.93. The highest BCUT2D eigenvalue weighted by Crippen LogP contribution is 2.18. The van der Waals surface area contributed by atoms with Gasteiger partial charge < -0.3 is 15.4 Å². The minimum atomic E-state index is -4.16. The predicted molar refractivity (Wildman–Crippen MR) is 101 cm³/mol. The van der Waals surface area contributed by atoms with Crippen LogP contribution in [0.25, 0.3) is 0 Å². The Kier molecular flexibility index (Phi) is 10.8. The van der Waals surface area contributed by atoms with E-state index in [1.165, 1.54) is 7.05 Å². The summed E-state index contributed by atoms with van der Waals surface area (Å²) in [5, 5.41) is 5.63. The van der Waals surface area contributed by atoms with Crippen molar-refractivity contribution in [2.45, 2.75) is 39.0 Å². The Morgan fingerprint density at radius 1 is 1.12 bits per heavy atom. The Morgan fingerprint density at radius 2 is 1.71 bits per heavy atom. The van der Waals surface area contributed by atoms with Crippen LogP contribution in [-0.2, 0) is 6.42 Å². The van der Waals surface area contributed by atoms with E-state index in [4.69, 9.17) is 4.74 Å². The average molecular weight is 459 g/mol. The van der Waals surface area contributed by atoms with Crippen LogP contribution in [0.4, 0.5) is 13.2 Å². The molecule has 0 aliphatic heterocycles. The number of nitrogens with zero attached hydrogens (tertiary/aromatic N) is 1. The van der Waals surface area contributed by atoms with Gasteiger partial charge in [0.25, 0.3) is 0 Å². The monoisotopic (exact) mass is 459 g/mol. The van der Waals surface area contributed by atoms with E-state index >= 15 is 0 Å². The number of hydrogen-bond acceptors (Lipinski definition) is 2. The van der Waals surface area contributed by atoms with E-state index in [-0.39, 0.29) is 36.6 Å². The van der Waals surface area contributed by atoms with E-state index in [1.807, 2.05) is 38.1 Å². The van der Waals surface area contributed by atoms with Crippen LogP contribution < -0.4 is 15.4 Å². The van der Waals surface area contributed by atoms with Crippen LogP contribution in [0.1, 0.15) is 25.8 Å². The van der Waals surface area contributed by atoms with Gasteiger partial charge in [-0.3, -0.25) is 4.99 Å². The largest absolute Gasteiger partial charge is 0.491 e. The van der Waals surface area contributed by atoms with Crippen LogP contribution in [0.15, 0.2) is 29.3 Å². The summed E-state index contributed by atoms with van der Waals surface area (Å²) in [5.41, 5.74) is 1.11. The van der Waals surface area contributed by atoms with Gasteiger partial charge in [0.05, 0.1) is 12.5 Å². The van der Waals surface area contributed by atoms with E-state index in [2.05, 4.69) is 15.6 Å². The first kappa shape index (κ1) is 22.8. The SMILES string of the molecule is CN=C(NCCc1ccc(OC(C)C)cc1)NCCC(F)(F)F.I. The van der Waals surface area contributed by atoms with Crippen molar-refractivity contribution in [1.29, 1.82) is 0 Å². The molecule has 1 aromatic rings. The molecule has 0 aromatic heterocycles. The molecule has 1 aromatic carbocycles. The van der Waals surface area contributed by atoms with Gasteiger partial charge in [0.15, 0.2) is 5.96 Å². The normalized spacial score (nSPS) is 11.9. The molecule has 0 spiro atoms. The summed E-state index contributed by atoms with van der Waals surface area (Å²) < 4.78 is 41.8. The molecule has 0 aliphatic carbocycles. The molecule has 0 atom stereocenters. The number of nitrogens with one attached hydrogen (secondary N) is 2. The summed E-state index contributed by atoms with van der Waals surface area (Å²) >= 11 is 0. The molecule has 0 unspecified atom stereocenters.